The lowest BCUT2D eigenvalue weighted by Crippen LogP contribution is -2.30. The van der Waals surface area contributed by atoms with Gasteiger partial charge in [0.25, 0.3) is 0 Å². The van der Waals surface area contributed by atoms with Crippen LogP contribution in [0.15, 0.2) is 41.4 Å². The number of rotatable bonds is 8. The van der Waals surface area contributed by atoms with Crippen LogP contribution in [0.4, 0.5) is 0 Å². The van der Waals surface area contributed by atoms with Crippen LogP contribution < -0.4 is 4.72 Å². The monoisotopic (exact) mass is 374 g/mol. The molecule has 1 atom stereocenters. The molecular weight excluding hydrogens is 348 g/mol. The number of nitrogens with one attached hydrogen (secondary N) is 1. The Morgan fingerprint density at radius 2 is 2.12 bits per heavy atom. The molecule has 0 radical (unpaired) electrons. The minimum absolute atomic E-state index is 0.553. The molecule has 1 N–H and O–H groups in total. The molecule has 2 heterocycles. The van der Waals surface area contributed by atoms with Gasteiger partial charge in [-0.15, -0.1) is 0 Å². The van der Waals surface area contributed by atoms with E-state index in [-0.39, 0.29) is 0 Å². The fourth-order valence-corrected chi connectivity index (χ4v) is 3.58. The Bertz CT molecular complexity index is 884. The highest BCUT2D eigenvalue weighted by atomic mass is 32.2. The van der Waals surface area contributed by atoms with Crippen molar-refractivity contribution in [1.82, 2.24) is 18.8 Å². The summed E-state index contributed by atoms with van der Waals surface area (Å²) in [5, 5.41) is 5.04. The number of aromatic nitrogens is 2. The smallest absolute Gasteiger partial charge is 0.169 e. The van der Waals surface area contributed by atoms with Gasteiger partial charge in [0.15, 0.2) is 11.2 Å². The maximum atomic E-state index is 11.8. The summed E-state index contributed by atoms with van der Waals surface area (Å²) in [6.07, 6.45) is 6.45. The number of fused-ring (bicyclic) bond motifs is 1. The second-order valence-electron chi connectivity index (χ2n) is 7.05. The molecule has 0 amide bonds. The van der Waals surface area contributed by atoms with Crippen LogP contribution in [0.25, 0.3) is 22.0 Å². The molecule has 0 saturated heterocycles. The van der Waals surface area contributed by atoms with Gasteiger partial charge in [0.05, 0.1) is 6.20 Å². The Balaban J connectivity index is 1.90. The predicted molar refractivity (Wildman–Crippen MR) is 106 cm³/mol. The van der Waals surface area contributed by atoms with E-state index in [1.807, 2.05) is 0 Å². The van der Waals surface area contributed by atoms with Crippen molar-refractivity contribution in [2.75, 3.05) is 20.6 Å². The van der Waals surface area contributed by atoms with Crippen LogP contribution in [-0.2, 0) is 24.1 Å². The first-order valence-corrected chi connectivity index (χ1v) is 9.90. The van der Waals surface area contributed by atoms with Gasteiger partial charge in [0, 0.05) is 49.8 Å². The van der Waals surface area contributed by atoms with Crippen molar-refractivity contribution >= 4 is 22.1 Å². The second kappa shape index (κ2) is 8.16. The molecule has 0 bridgehead atoms. The maximum absolute atomic E-state index is 11.8. The summed E-state index contributed by atoms with van der Waals surface area (Å²) in [6, 6.07) is 6.45. The number of benzene rings is 1. The molecule has 0 spiro atoms. The summed E-state index contributed by atoms with van der Waals surface area (Å²) >= 11 is -1.15. The summed E-state index contributed by atoms with van der Waals surface area (Å²) in [5.74, 6) is 0.553. The molecule has 6 nitrogen and oxygen atoms in total. The van der Waals surface area contributed by atoms with Gasteiger partial charge in [-0.25, -0.2) is 13.2 Å². The molecule has 0 aliphatic heterocycles. The Morgan fingerprint density at radius 3 is 2.77 bits per heavy atom. The van der Waals surface area contributed by atoms with E-state index < -0.39 is 11.2 Å². The molecule has 0 saturated carbocycles. The number of hydrogen-bond donors (Lipinski definition) is 1. The molecule has 0 aliphatic rings. The van der Waals surface area contributed by atoms with Gasteiger partial charge in [-0.1, -0.05) is 31.1 Å². The van der Waals surface area contributed by atoms with Gasteiger partial charge in [-0.05, 0) is 29.5 Å². The zero-order chi connectivity index (χ0) is 18.7. The lowest BCUT2D eigenvalue weighted by atomic mass is 10.1. The average molecular weight is 375 g/mol. The van der Waals surface area contributed by atoms with E-state index >= 15 is 0 Å². The van der Waals surface area contributed by atoms with Gasteiger partial charge in [0.2, 0.25) is 0 Å². The van der Waals surface area contributed by atoms with Crippen LogP contribution in [0.3, 0.4) is 0 Å². The standard InChI is InChI=1S/C19H26N4O2S/c1-14(2)11-23-12-16(7-8-21-26(24)22(3)4)18-6-5-15(9-19(18)23)17-10-20-25-13-17/h5-6,9-10,12-14,21H,7-8,11H2,1-4H3. The van der Waals surface area contributed by atoms with Crippen LogP contribution in [0.1, 0.15) is 19.4 Å². The summed E-state index contributed by atoms with van der Waals surface area (Å²) in [5.41, 5.74) is 4.55. The Labute approximate surface area is 156 Å². The van der Waals surface area contributed by atoms with Crippen LogP contribution in [-0.4, -0.2) is 38.9 Å². The molecule has 7 heteroatoms. The van der Waals surface area contributed by atoms with E-state index in [1.54, 1.807) is 30.9 Å². The molecule has 26 heavy (non-hydrogen) atoms. The molecule has 1 aromatic carbocycles. The van der Waals surface area contributed by atoms with E-state index in [2.05, 4.69) is 52.7 Å². The van der Waals surface area contributed by atoms with Crippen LogP contribution >= 0.6 is 0 Å². The number of nitrogens with zero attached hydrogens (tertiary/aromatic N) is 3. The third kappa shape index (κ3) is 4.23. The van der Waals surface area contributed by atoms with E-state index in [0.29, 0.717) is 12.5 Å². The van der Waals surface area contributed by atoms with Gasteiger partial charge < -0.3 is 9.09 Å². The summed E-state index contributed by atoms with van der Waals surface area (Å²) in [4.78, 5) is 0. The van der Waals surface area contributed by atoms with Crippen LogP contribution in [0, 0.1) is 5.92 Å². The van der Waals surface area contributed by atoms with E-state index in [1.165, 1.54) is 16.5 Å². The highest BCUT2D eigenvalue weighted by molar-refractivity contribution is 7.80. The van der Waals surface area contributed by atoms with E-state index in [9.17, 15) is 4.21 Å². The normalized spacial score (nSPS) is 13.2. The average Bonchev–Trinajstić information content (AvgIpc) is 3.23. The third-order valence-electron chi connectivity index (χ3n) is 4.24. The first-order chi connectivity index (χ1) is 12.5. The first-order valence-electron chi connectivity index (χ1n) is 8.80. The zero-order valence-corrected chi connectivity index (χ0v) is 16.5. The van der Waals surface area contributed by atoms with E-state index in [0.717, 1.165) is 24.1 Å². The fraction of sp³-hybridized carbons (Fsp3) is 0.421. The van der Waals surface area contributed by atoms with Crippen LogP contribution in [0.2, 0.25) is 0 Å². The molecule has 2 aromatic heterocycles. The SMILES string of the molecule is CC(C)Cn1cc(CCNS(=O)N(C)C)c2ccc(-c3cnoc3)cc21. The highest BCUT2D eigenvalue weighted by Gasteiger charge is 2.12. The van der Waals surface area contributed by atoms with Crippen LogP contribution in [0.5, 0.6) is 0 Å². The lowest BCUT2D eigenvalue weighted by molar-refractivity contribution is 0.420. The summed E-state index contributed by atoms with van der Waals surface area (Å²) in [7, 11) is 3.59. The third-order valence-corrected chi connectivity index (χ3v) is 5.36. The topological polar surface area (TPSA) is 63.3 Å². The fourth-order valence-electron chi connectivity index (χ4n) is 3.04. The van der Waals surface area contributed by atoms with Crippen molar-refractivity contribution in [1.29, 1.82) is 0 Å². The molecule has 0 aliphatic carbocycles. The molecule has 0 fully saturated rings. The van der Waals surface area contributed by atoms with Gasteiger partial charge in [0.1, 0.15) is 6.26 Å². The predicted octanol–water partition coefficient (Wildman–Crippen LogP) is 3.22. The Hall–Kier alpha value is -1.96. The van der Waals surface area contributed by atoms with Gasteiger partial charge in [-0.3, -0.25) is 0 Å². The minimum atomic E-state index is -1.15. The molecule has 1 unspecified atom stereocenters. The van der Waals surface area contributed by atoms with Gasteiger partial charge >= 0.3 is 0 Å². The van der Waals surface area contributed by atoms with Crippen molar-refractivity contribution in [3.05, 3.63) is 42.4 Å². The quantitative estimate of drug-likeness (QED) is 0.658. The maximum Gasteiger partial charge on any atom is 0.169 e. The van der Waals surface area contributed by atoms with Crippen molar-refractivity contribution in [2.45, 2.75) is 26.8 Å². The van der Waals surface area contributed by atoms with Crippen molar-refractivity contribution < 1.29 is 8.73 Å². The second-order valence-corrected chi connectivity index (χ2v) is 8.57. The molecule has 140 valence electrons. The molecular formula is C19H26N4O2S. The van der Waals surface area contributed by atoms with E-state index in [4.69, 9.17) is 4.52 Å². The summed E-state index contributed by atoms with van der Waals surface area (Å²) in [6.45, 7) is 6.06. The first kappa shape index (κ1) is 18.8. The van der Waals surface area contributed by atoms with Crippen molar-refractivity contribution in [3.63, 3.8) is 0 Å². The van der Waals surface area contributed by atoms with Gasteiger partial charge in [-0.2, -0.15) is 0 Å². The minimum Gasteiger partial charge on any atom is -0.364 e. The largest absolute Gasteiger partial charge is 0.364 e. The molecule has 3 aromatic rings. The van der Waals surface area contributed by atoms with Crippen molar-refractivity contribution in [2.24, 2.45) is 5.92 Å². The molecule has 3 rings (SSSR count). The highest BCUT2D eigenvalue weighted by Crippen LogP contribution is 2.28. The Morgan fingerprint density at radius 1 is 1.31 bits per heavy atom. The summed E-state index contributed by atoms with van der Waals surface area (Å²) < 4.78 is 23.8. The zero-order valence-electron chi connectivity index (χ0n) is 15.7. The Kier molecular flexibility index (Phi) is 5.90. The lowest BCUT2D eigenvalue weighted by Gasteiger charge is -2.09. The van der Waals surface area contributed by atoms with Crippen molar-refractivity contribution in [3.8, 4) is 11.1 Å². The number of hydrogen-bond acceptors (Lipinski definition) is 3.